The first-order chi connectivity index (χ1) is 14.5. The van der Waals surface area contributed by atoms with E-state index in [2.05, 4.69) is 14.9 Å². The molecule has 0 N–H and O–H groups in total. The lowest BCUT2D eigenvalue weighted by atomic mass is 10.1. The van der Waals surface area contributed by atoms with Gasteiger partial charge >= 0.3 is 5.97 Å². The Labute approximate surface area is 175 Å². The standard InChI is InChI=1S/C23H24N4O3/c1-16-12-21(17(2)27(16)20-9-10-20)22(28)15-30-23(29)11-8-19-14-26(25-24-19)13-18-6-4-3-5-7-18/h3-8,11-12,14,20H,9-10,13,15H2,1-2H3/b11-8+. The summed E-state index contributed by atoms with van der Waals surface area (Å²) in [6.45, 7) is 4.26. The number of hydrogen-bond donors (Lipinski definition) is 0. The fourth-order valence-electron chi connectivity index (χ4n) is 3.61. The highest BCUT2D eigenvalue weighted by atomic mass is 16.5. The number of nitrogens with zero attached hydrogens (tertiary/aromatic N) is 4. The first-order valence-corrected chi connectivity index (χ1v) is 10.0. The van der Waals surface area contributed by atoms with E-state index in [1.807, 2.05) is 50.2 Å². The summed E-state index contributed by atoms with van der Waals surface area (Å²) in [5.74, 6) is -0.775. The molecule has 0 spiro atoms. The molecule has 0 amide bonds. The van der Waals surface area contributed by atoms with Crippen LogP contribution < -0.4 is 0 Å². The van der Waals surface area contributed by atoms with Crippen molar-refractivity contribution in [3.63, 3.8) is 0 Å². The van der Waals surface area contributed by atoms with Gasteiger partial charge in [-0.15, -0.1) is 5.10 Å². The second-order valence-electron chi connectivity index (χ2n) is 7.58. The smallest absolute Gasteiger partial charge is 0.331 e. The molecule has 0 aliphatic heterocycles. The zero-order valence-corrected chi connectivity index (χ0v) is 17.1. The van der Waals surface area contributed by atoms with Crippen molar-refractivity contribution in [3.05, 3.63) is 76.9 Å². The van der Waals surface area contributed by atoms with Crippen LogP contribution in [0.5, 0.6) is 0 Å². The highest BCUT2D eigenvalue weighted by molar-refractivity contribution is 6.00. The maximum atomic E-state index is 12.5. The molecule has 7 nitrogen and oxygen atoms in total. The predicted molar refractivity (Wildman–Crippen MR) is 112 cm³/mol. The highest BCUT2D eigenvalue weighted by Gasteiger charge is 2.28. The summed E-state index contributed by atoms with van der Waals surface area (Å²) >= 11 is 0. The molecule has 0 unspecified atom stereocenters. The topological polar surface area (TPSA) is 79.0 Å². The van der Waals surface area contributed by atoms with Gasteiger partial charge in [-0.25, -0.2) is 9.48 Å². The fraction of sp³-hybridized carbons (Fsp3) is 0.304. The van der Waals surface area contributed by atoms with Gasteiger partial charge in [0.1, 0.15) is 5.69 Å². The van der Waals surface area contributed by atoms with Gasteiger partial charge in [0.2, 0.25) is 5.78 Å². The van der Waals surface area contributed by atoms with Gasteiger partial charge < -0.3 is 9.30 Å². The Kier molecular flexibility index (Phi) is 5.61. The Morgan fingerprint density at radius 2 is 1.97 bits per heavy atom. The highest BCUT2D eigenvalue weighted by Crippen LogP contribution is 2.38. The first kappa shape index (κ1) is 19.8. The predicted octanol–water partition coefficient (Wildman–Crippen LogP) is 3.52. The summed E-state index contributed by atoms with van der Waals surface area (Å²) in [7, 11) is 0. The summed E-state index contributed by atoms with van der Waals surface area (Å²) in [6, 6.07) is 12.3. The number of carbonyl (C=O) groups excluding carboxylic acids is 2. The van der Waals surface area contributed by atoms with Crippen LogP contribution in [-0.4, -0.2) is 37.9 Å². The van der Waals surface area contributed by atoms with Gasteiger partial charge in [-0.3, -0.25) is 4.79 Å². The van der Waals surface area contributed by atoms with Crippen LogP contribution in [0.15, 0.2) is 48.7 Å². The number of carbonyl (C=O) groups is 2. The summed E-state index contributed by atoms with van der Waals surface area (Å²) in [5.41, 5.74) is 4.30. The molecule has 0 saturated heterocycles. The molecule has 0 radical (unpaired) electrons. The lowest BCUT2D eigenvalue weighted by molar-refractivity contribution is -0.136. The van der Waals surface area contributed by atoms with Crippen molar-refractivity contribution in [2.75, 3.05) is 6.61 Å². The Bertz CT molecular complexity index is 1090. The van der Waals surface area contributed by atoms with Crippen molar-refractivity contribution < 1.29 is 14.3 Å². The second kappa shape index (κ2) is 8.49. The number of rotatable bonds is 8. The molecule has 1 fully saturated rings. The Hall–Kier alpha value is -3.48. The SMILES string of the molecule is Cc1cc(C(=O)COC(=O)/C=C/c2cn(Cc3ccccc3)nn2)c(C)n1C1CC1. The van der Waals surface area contributed by atoms with Crippen molar-refractivity contribution >= 4 is 17.8 Å². The van der Waals surface area contributed by atoms with Crippen LogP contribution in [0.25, 0.3) is 6.08 Å². The van der Waals surface area contributed by atoms with Gasteiger partial charge in [0, 0.05) is 29.1 Å². The Morgan fingerprint density at radius 3 is 2.70 bits per heavy atom. The number of Topliss-reactive ketones (excluding diaryl/α,β-unsaturated/α-hetero) is 1. The first-order valence-electron chi connectivity index (χ1n) is 10.0. The van der Waals surface area contributed by atoms with E-state index >= 15 is 0 Å². The number of aryl methyl sites for hydroxylation is 1. The molecule has 0 bridgehead atoms. The average molecular weight is 404 g/mol. The minimum absolute atomic E-state index is 0.189. The molecule has 0 atom stereocenters. The summed E-state index contributed by atoms with van der Waals surface area (Å²) in [5, 5.41) is 8.07. The number of esters is 1. The number of ketones is 1. The fourth-order valence-corrected chi connectivity index (χ4v) is 3.61. The second-order valence-corrected chi connectivity index (χ2v) is 7.58. The summed E-state index contributed by atoms with van der Waals surface area (Å²) in [4.78, 5) is 24.5. The van der Waals surface area contributed by atoms with Crippen LogP contribution in [0.1, 0.15) is 51.9 Å². The largest absolute Gasteiger partial charge is 0.454 e. The lowest BCUT2D eigenvalue weighted by Crippen LogP contribution is -2.13. The third-order valence-electron chi connectivity index (χ3n) is 5.18. The molecule has 7 heteroatoms. The van der Waals surface area contributed by atoms with Gasteiger partial charge in [-0.2, -0.15) is 0 Å². The van der Waals surface area contributed by atoms with E-state index in [9.17, 15) is 9.59 Å². The number of aromatic nitrogens is 4. The summed E-state index contributed by atoms with van der Waals surface area (Å²) < 4.78 is 9.02. The quantitative estimate of drug-likeness (QED) is 0.326. The molecule has 2 aromatic heterocycles. The van der Waals surface area contributed by atoms with Gasteiger partial charge in [0.05, 0.1) is 12.7 Å². The zero-order valence-electron chi connectivity index (χ0n) is 17.1. The van der Waals surface area contributed by atoms with Crippen LogP contribution in [-0.2, 0) is 16.1 Å². The van der Waals surface area contributed by atoms with Gasteiger partial charge in [0.25, 0.3) is 0 Å². The maximum absolute atomic E-state index is 12.5. The monoisotopic (exact) mass is 404 g/mol. The van der Waals surface area contributed by atoms with E-state index in [0.717, 1.165) is 29.8 Å². The van der Waals surface area contributed by atoms with Crippen LogP contribution in [0.4, 0.5) is 0 Å². The van der Waals surface area contributed by atoms with Crippen LogP contribution in [0.3, 0.4) is 0 Å². The molecule has 4 rings (SSSR count). The third-order valence-corrected chi connectivity index (χ3v) is 5.18. The Balaban J connectivity index is 1.30. The molecule has 1 saturated carbocycles. The minimum atomic E-state index is -0.586. The van der Waals surface area contributed by atoms with Crippen LogP contribution in [0, 0.1) is 13.8 Å². The van der Waals surface area contributed by atoms with Crippen molar-refractivity contribution in [1.82, 2.24) is 19.6 Å². The van der Waals surface area contributed by atoms with Crippen LogP contribution >= 0.6 is 0 Å². The summed E-state index contributed by atoms with van der Waals surface area (Å²) in [6.07, 6.45) is 6.84. The lowest BCUT2D eigenvalue weighted by Gasteiger charge is -2.07. The van der Waals surface area contributed by atoms with E-state index in [1.54, 1.807) is 10.9 Å². The molecule has 1 aromatic carbocycles. The number of hydrogen-bond acceptors (Lipinski definition) is 5. The number of ether oxygens (including phenoxy) is 1. The van der Waals surface area contributed by atoms with Crippen molar-refractivity contribution in [1.29, 1.82) is 0 Å². The average Bonchev–Trinajstić information content (AvgIpc) is 3.39. The van der Waals surface area contributed by atoms with Crippen LogP contribution in [0.2, 0.25) is 0 Å². The van der Waals surface area contributed by atoms with Crippen molar-refractivity contribution in [2.24, 2.45) is 0 Å². The van der Waals surface area contributed by atoms with Gasteiger partial charge in [-0.05, 0) is 44.4 Å². The molecule has 1 aliphatic rings. The van der Waals surface area contributed by atoms with Gasteiger partial charge in [0.15, 0.2) is 6.61 Å². The van der Waals surface area contributed by atoms with Crippen molar-refractivity contribution in [2.45, 2.75) is 39.3 Å². The molecule has 2 heterocycles. The van der Waals surface area contributed by atoms with E-state index in [-0.39, 0.29) is 12.4 Å². The maximum Gasteiger partial charge on any atom is 0.331 e. The third kappa shape index (κ3) is 4.56. The van der Waals surface area contributed by atoms with Crippen molar-refractivity contribution in [3.8, 4) is 0 Å². The molecule has 3 aromatic rings. The van der Waals surface area contributed by atoms with E-state index in [1.165, 1.54) is 12.2 Å². The number of benzene rings is 1. The van der Waals surface area contributed by atoms with E-state index in [0.29, 0.717) is 23.8 Å². The molecule has 1 aliphatic carbocycles. The molecular formula is C23H24N4O3. The minimum Gasteiger partial charge on any atom is -0.454 e. The molecule has 30 heavy (non-hydrogen) atoms. The van der Waals surface area contributed by atoms with E-state index in [4.69, 9.17) is 4.74 Å². The zero-order chi connectivity index (χ0) is 21.1. The van der Waals surface area contributed by atoms with Gasteiger partial charge in [-0.1, -0.05) is 35.5 Å². The normalized spacial score (nSPS) is 13.7. The molecule has 154 valence electrons. The van der Waals surface area contributed by atoms with E-state index < -0.39 is 5.97 Å². The molecular weight excluding hydrogens is 380 g/mol. The Morgan fingerprint density at radius 1 is 1.20 bits per heavy atom.